The van der Waals surface area contributed by atoms with E-state index in [0.29, 0.717) is 19.0 Å². The molecule has 0 saturated heterocycles. The molecule has 2 aliphatic carbocycles. The van der Waals surface area contributed by atoms with E-state index < -0.39 is 0 Å². The SMILES string of the molecule is CCNC(=NCc1ccc(OCC2CC2)nc1)NCC1(C(=O)N(C)C)CCCC1.I. The monoisotopic (exact) mass is 529 g/mol. The van der Waals surface area contributed by atoms with Gasteiger partial charge in [-0.05, 0) is 44.1 Å². The Kier molecular flexibility index (Phi) is 9.64. The van der Waals surface area contributed by atoms with Crippen LogP contribution in [0.5, 0.6) is 5.88 Å². The summed E-state index contributed by atoms with van der Waals surface area (Å²) in [5.41, 5.74) is 0.711. The number of amides is 1. The molecule has 2 fully saturated rings. The van der Waals surface area contributed by atoms with E-state index in [2.05, 4.69) is 20.6 Å². The van der Waals surface area contributed by atoms with Gasteiger partial charge in [-0.1, -0.05) is 18.9 Å². The van der Waals surface area contributed by atoms with Crippen molar-refractivity contribution < 1.29 is 9.53 Å². The number of hydrogen-bond acceptors (Lipinski definition) is 4. The van der Waals surface area contributed by atoms with Crippen LogP contribution in [0, 0.1) is 11.3 Å². The minimum Gasteiger partial charge on any atom is -0.477 e. The van der Waals surface area contributed by atoms with Gasteiger partial charge in [0.15, 0.2) is 5.96 Å². The minimum absolute atomic E-state index is 0. The van der Waals surface area contributed by atoms with Crippen molar-refractivity contribution in [2.45, 2.75) is 52.0 Å². The van der Waals surface area contributed by atoms with Crippen molar-refractivity contribution in [3.63, 3.8) is 0 Å². The van der Waals surface area contributed by atoms with Gasteiger partial charge in [0.2, 0.25) is 11.8 Å². The van der Waals surface area contributed by atoms with Gasteiger partial charge in [-0.25, -0.2) is 9.98 Å². The van der Waals surface area contributed by atoms with Crippen LogP contribution in [-0.2, 0) is 11.3 Å². The molecule has 0 aromatic carbocycles. The summed E-state index contributed by atoms with van der Waals surface area (Å²) in [5, 5.41) is 6.69. The van der Waals surface area contributed by atoms with Crippen molar-refractivity contribution in [1.82, 2.24) is 20.5 Å². The van der Waals surface area contributed by atoms with Crippen LogP contribution in [0.4, 0.5) is 0 Å². The van der Waals surface area contributed by atoms with Crippen LogP contribution in [0.15, 0.2) is 23.3 Å². The molecule has 7 nitrogen and oxygen atoms in total. The van der Waals surface area contributed by atoms with Crippen molar-refractivity contribution >= 4 is 35.8 Å². The molecule has 0 atom stereocenters. The molecule has 8 heteroatoms. The average Bonchev–Trinajstić information content (AvgIpc) is 3.44. The van der Waals surface area contributed by atoms with Crippen molar-refractivity contribution in [2.24, 2.45) is 16.3 Å². The van der Waals surface area contributed by atoms with Crippen molar-refractivity contribution in [1.29, 1.82) is 0 Å². The first-order valence-corrected chi connectivity index (χ1v) is 10.8. The number of nitrogens with zero attached hydrogens (tertiary/aromatic N) is 3. The van der Waals surface area contributed by atoms with Crippen LogP contribution in [0.2, 0.25) is 0 Å². The molecule has 1 amide bonds. The molecule has 2 aliphatic rings. The summed E-state index contributed by atoms with van der Waals surface area (Å²) < 4.78 is 5.69. The molecule has 0 spiro atoms. The largest absolute Gasteiger partial charge is 0.477 e. The quantitative estimate of drug-likeness (QED) is 0.292. The number of ether oxygens (including phenoxy) is 1. The lowest BCUT2D eigenvalue weighted by Crippen LogP contribution is -2.49. The number of halogens is 1. The maximum absolute atomic E-state index is 12.8. The number of aromatic nitrogens is 1. The van der Waals surface area contributed by atoms with E-state index in [4.69, 9.17) is 4.74 Å². The highest BCUT2D eigenvalue weighted by atomic mass is 127. The Bertz CT molecular complexity index is 698. The van der Waals surface area contributed by atoms with Crippen molar-refractivity contribution in [2.75, 3.05) is 33.8 Å². The molecule has 0 aliphatic heterocycles. The molecule has 1 aromatic rings. The van der Waals surface area contributed by atoms with E-state index >= 15 is 0 Å². The van der Waals surface area contributed by atoms with E-state index in [9.17, 15) is 4.79 Å². The van der Waals surface area contributed by atoms with E-state index in [-0.39, 0.29) is 35.3 Å². The molecule has 1 heterocycles. The van der Waals surface area contributed by atoms with Gasteiger partial charge in [0.25, 0.3) is 0 Å². The fourth-order valence-electron chi connectivity index (χ4n) is 3.83. The first-order chi connectivity index (χ1) is 14.0. The molecule has 0 unspecified atom stereocenters. The summed E-state index contributed by atoms with van der Waals surface area (Å²) >= 11 is 0. The molecule has 0 radical (unpaired) electrons. The lowest BCUT2D eigenvalue weighted by Gasteiger charge is -2.31. The van der Waals surface area contributed by atoms with Gasteiger partial charge in [-0.2, -0.15) is 0 Å². The zero-order valence-electron chi connectivity index (χ0n) is 18.4. The molecule has 2 N–H and O–H groups in total. The summed E-state index contributed by atoms with van der Waals surface area (Å²) in [6.07, 6.45) is 8.45. The molecule has 3 rings (SSSR count). The number of pyridine rings is 1. The van der Waals surface area contributed by atoms with Gasteiger partial charge in [0, 0.05) is 39.4 Å². The summed E-state index contributed by atoms with van der Waals surface area (Å²) in [7, 11) is 3.68. The highest BCUT2D eigenvalue weighted by Crippen LogP contribution is 2.38. The smallest absolute Gasteiger partial charge is 0.230 e. The predicted octanol–water partition coefficient (Wildman–Crippen LogP) is 3.19. The number of hydrogen-bond donors (Lipinski definition) is 2. The molecule has 168 valence electrons. The van der Waals surface area contributed by atoms with Crippen molar-refractivity contribution in [3.8, 4) is 5.88 Å². The zero-order valence-corrected chi connectivity index (χ0v) is 20.8. The molecular formula is C22H36IN5O2. The first-order valence-electron chi connectivity index (χ1n) is 10.8. The molecular weight excluding hydrogens is 493 g/mol. The number of aliphatic imine (C=N–C) groups is 1. The van der Waals surface area contributed by atoms with Crippen LogP contribution >= 0.6 is 24.0 Å². The zero-order chi connectivity index (χ0) is 20.7. The Hall–Kier alpha value is -1.58. The normalized spacial score (nSPS) is 17.8. The van der Waals surface area contributed by atoms with E-state index in [1.54, 1.807) is 4.90 Å². The fourth-order valence-corrected chi connectivity index (χ4v) is 3.83. The van der Waals surface area contributed by atoms with Gasteiger partial charge in [0.1, 0.15) is 0 Å². The second-order valence-electron chi connectivity index (χ2n) is 8.49. The van der Waals surface area contributed by atoms with Crippen LogP contribution < -0.4 is 15.4 Å². The number of guanidine groups is 1. The minimum atomic E-state index is -0.318. The highest BCUT2D eigenvalue weighted by Gasteiger charge is 2.42. The Morgan fingerprint density at radius 1 is 1.27 bits per heavy atom. The van der Waals surface area contributed by atoms with Crippen LogP contribution in [-0.4, -0.2) is 55.5 Å². The van der Waals surface area contributed by atoms with Gasteiger partial charge in [0.05, 0.1) is 18.6 Å². The van der Waals surface area contributed by atoms with E-state index in [1.807, 2.05) is 39.3 Å². The molecule has 2 saturated carbocycles. The number of carbonyl (C=O) groups is 1. The maximum Gasteiger partial charge on any atom is 0.230 e. The van der Waals surface area contributed by atoms with E-state index in [0.717, 1.165) is 56.3 Å². The van der Waals surface area contributed by atoms with Crippen molar-refractivity contribution in [3.05, 3.63) is 23.9 Å². The standard InChI is InChI=1S/C22H35N5O2.HI/c1-4-23-21(26-16-22(11-5-6-12-22)20(28)27(2)3)25-14-18-9-10-19(24-13-18)29-15-17-7-8-17;/h9-10,13,17H,4-8,11-12,14-16H2,1-3H3,(H2,23,25,26);1H. The Balaban J connectivity index is 0.00000320. The first kappa shape index (κ1) is 24.7. The molecule has 0 bridgehead atoms. The summed E-state index contributed by atoms with van der Waals surface area (Å²) in [4.78, 5) is 23.5. The van der Waals surface area contributed by atoms with Crippen LogP contribution in [0.25, 0.3) is 0 Å². The summed E-state index contributed by atoms with van der Waals surface area (Å²) in [5.74, 6) is 2.35. The van der Waals surface area contributed by atoms with Gasteiger partial charge in [-0.15, -0.1) is 24.0 Å². The average molecular weight is 529 g/mol. The van der Waals surface area contributed by atoms with Crippen LogP contribution in [0.3, 0.4) is 0 Å². The Morgan fingerprint density at radius 3 is 2.57 bits per heavy atom. The predicted molar refractivity (Wildman–Crippen MR) is 130 cm³/mol. The summed E-state index contributed by atoms with van der Waals surface area (Å²) in [6, 6.07) is 3.92. The Morgan fingerprint density at radius 2 is 2.00 bits per heavy atom. The third kappa shape index (κ3) is 6.99. The third-order valence-electron chi connectivity index (χ3n) is 5.74. The maximum atomic E-state index is 12.8. The summed E-state index contributed by atoms with van der Waals surface area (Å²) in [6.45, 7) is 4.72. The number of nitrogens with one attached hydrogen (secondary N) is 2. The number of rotatable bonds is 9. The van der Waals surface area contributed by atoms with Gasteiger partial charge < -0.3 is 20.3 Å². The fraction of sp³-hybridized carbons (Fsp3) is 0.682. The van der Waals surface area contributed by atoms with E-state index in [1.165, 1.54) is 12.8 Å². The molecule has 30 heavy (non-hydrogen) atoms. The highest BCUT2D eigenvalue weighted by molar-refractivity contribution is 14.0. The van der Waals surface area contributed by atoms with Crippen LogP contribution in [0.1, 0.15) is 51.0 Å². The van der Waals surface area contributed by atoms with Gasteiger partial charge >= 0.3 is 0 Å². The lowest BCUT2D eigenvalue weighted by atomic mass is 9.84. The van der Waals surface area contributed by atoms with Gasteiger partial charge in [-0.3, -0.25) is 4.79 Å². The molecule has 1 aromatic heterocycles. The number of carbonyl (C=O) groups excluding carboxylic acids is 1. The third-order valence-corrected chi connectivity index (χ3v) is 5.74. The second-order valence-corrected chi connectivity index (χ2v) is 8.49. The Labute approximate surface area is 197 Å². The lowest BCUT2D eigenvalue weighted by molar-refractivity contribution is -0.138. The second kappa shape index (κ2) is 11.7. The topological polar surface area (TPSA) is 78.9 Å².